The molecule has 6 rings (SSSR count). The summed E-state index contributed by atoms with van der Waals surface area (Å²) in [6, 6.07) is 12.5. The maximum absolute atomic E-state index is 13.4. The Kier molecular flexibility index (Phi) is 8.22. The molecule has 1 amide bonds. The zero-order valence-corrected chi connectivity index (χ0v) is 24.6. The Morgan fingerprint density at radius 1 is 1.00 bits per heavy atom. The first-order chi connectivity index (χ1) is 20.0. The largest absolute Gasteiger partial charge is 0.489 e. The van der Waals surface area contributed by atoms with Crippen LogP contribution in [0.3, 0.4) is 0 Å². The van der Waals surface area contributed by atoms with Crippen molar-refractivity contribution >= 4 is 28.5 Å². The van der Waals surface area contributed by atoms with Crippen LogP contribution in [-0.2, 0) is 16.1 Å². The van der Waals surface area contributed by atoms with Crippen molar-refractivity contribution in [3.63, 3.8) is 0 Å². The van der Waals surface area contributed by atoms with E-state index in [0.29, 0.717) is 31.4 Å². The van der Waals surface area contributed by atoms with Gasteiger partial charge in [-0.1, -0.05) is 32.3 Å². The predicted molar refractivity (Wildman–Crippen MR) is 163 cm³/mol. The third kappa shape index (κ3) is 5.55. The fourth-order valence-corrected chi connectivity index (χ4v) is 7.22. The second kappa shape index (κ2) is 12.2. The standard InChI is InChI=1S/C34H43N3O4/c1-3-17-36(23-31(39)35-18-8-5-9-19-35)29-14-10-13-28-33-32(25-11-6-4-7-12-25)27-16-15-26(41-24(2)38)22-30(27)37(33)20-21-40-34(28)29/h10,13-16,22,25H,3-9,11-12,17-21,23H2,1-2H3. The van der Waals surface area contributed by atoms with Crippen LogP contribution in [0.4, 0.5) is 5.69 Å². The molecule has 1 aromatic heterocycles. The quantitative estimate of drug-likeness (QED) is 0.234. The molecule has 2 aliphatic heterocycles. The number of para-hydroxylation sites is 1. The summed E-state index contributed by atoms with van der Waals surface area (Å²) in [5.41, 5.74) is 5.80. The summed E-state index contributed by atoms with van der Waals surface area (Å²) in [5.74, 6) is 1.83. The first kappa shape index (κ1) is 27.7. The Morgan fingerprint density at radius 3 is 2.54 bits per heavy atom. The van der Waals surface area contributed by atoms with E-state index < -0.39 is 0 Å². The first-order valence-corrected chi connectivity index (χ1v) is 15.7. The van der Waals surface area contributed by atoms with Gasteiger partial charge in [-0.3, -0.25) is 9.59 Å². The van der Waals surface area contributed by atoms with E-state index in [1.165, 1.54) is 62.1 Å². The highest BCUT2D eigenvalue weighted by Crippen LogP contribution is 2.49. The Labute approximate surface area is 243 Å². The van der Waals surface area contributed by atoms with Gasteiger partial charge in [-0.15, -0.1) is 0 Å². The molecule has 1 aliphatic carbocycles. The number of fused-ring (bicyclic) bond motifs is 5. The van der Waals surface area contributed by atoms with Crippen molar-refractivity contribution in [3.8, 4) is 22.8 Å². The number of anilines is 1. The lowest BCUT2D eigenvalue weighted by molar-refractivity contribution is -0.132. The van der Waals surface area contributed by atoms with E-state index in [-0.39, 0.29) is 11.9 Å². The number of ether oxygens (including phenoxy) is 2. The van der Waals surface area contributed by atoms with Crippen LogP contribution in [0, 0.1) is 0 Å². The minimum Gasteiger partial charge on any atom is -0.489 e. The smallest absolute Gasteiger partial charge is 0.308 e. The van der Waals surface area contributed by atoms with E-state index >= 15 is 0 Å². The molecule has 1 saturated heterocycles. The van der Waals surface area contributed by atoms with Gasteiger partial charge in [0.2, 0.25) is 5.91 Å². The normalized spacial score (nSPS) is 17.4. The van der Waals surface area contributed by atoms with E-state index in [2.05, 4.69) is 40.7 Å². The topological polar surface area (TPSA) is 64.0 Å². The Hall–Kier alpha value is -3.48. The molecular weight excluding hydrogens is 514 g/mol. The number of hydrogen-bond donors (Lipinski definition) is 0. The average molecular weight is 558 g/mol. The fraction of sp³-hybridized carbons (Fsp3) is 0.529. The monoisotopic (exact) mass is 557 g/mol. The first-order valence-electron chi connectivity index (χ1n) is 15.7. The van der Waals surface area contributed by atoms with Crippen molar-refractivity contribution < 1.29 is 19.1 Å². The van der Waals surface area contributed by atoms with E-state index in [1.807, 2.05) is 17.0 Å². The number of piperidine rings is 1. The van der Waals surface area contributed by atoms with Gasteiger partial charge in [0.05, 0.1) is 30.0 Å². The fourth-order valence-electron chi connectivity index (χ4n) is 7.22. The van der Waals surface area contributed by atoms with E-state index in [1.54, 1.807) is 0 Å². The molecule has 7 nitrogen and oxygen atoms in total. The number of benzene rings is 2. The van der Waals surface area contributed by atoms with Gasteiger partial charge in [-0.2, -0.15) is 0 Å². The zero-order valence-electron chi connectivity index (χ0n) is 24.6. The minimum absolute atomic E-state index is 0.208. The summed E-state index contributed by atoms with van der Waals surface area (Å²) >= 11 is 0. The Bertz CT molecular complexity index is 1420. The van der Waals surface area contributed by atoms with Crippen LogP contribution >= 0.6 is 0 Å². The minimum atomic E-state index is -0.312. The van der Waals surface area contributed by atoms with Crippen molar-refractivity contribution in [1.29, 1.82) is 0 Å². The Morgan fingerprint density at radius 2 is 1.78 bits per heavy atom. The lowest BCUT2D eigenvalue weighted by Crippen LogP contribution is -2.43. The predicted octanol–water partition coefficient (Wildman–Crippen LogP) is 6.90. The maximum Gasteiger partial charge on any atom is 0.308 e. The third-order valence-corrected chi connectivity index (χ3v) is 9.03. The molecule has 218 valence electrons. The second-order valence-electron chi connectivity index (χ2n) is 11.9. The molecule has 3 heterocycles. The van der Waals surface area contributed by atoms with Crippen LogP contribution < -0.4 is 14.4 Å². The highest BCUT2D eigenvalue weighted by atomic mass is 16.5. The number of aromatic nitrogens is 1. The second-order valence-corrected chi connectivity index (χ2v) is 11.9. The molecule has 3 aromatic rings. The van der Waals surface area contributed by atoms with Gasteiger partial charge >= 0.3 is 5.97 Å². The zero-order chi connectivity index (χ0) is 28.3. The van der Waals surface area contributed by atoms with Crippen LogP contribution in [0.2, 0.25) is 0 Å². The molecule has 41 heavy (non-hydrogen) atoms. The SMILES string of the molecule is CCCN(CC(=O)N1CCCCC1)c1cccc2c1OCCn1c-2c(C2CCCCC2)c2ccc(OC(C)=O)cc21. The molecule has 0 atom stereocenters. The van der Waals surface area contributed by atoms with Crippen LogP contribution in [0.25, 0.3) is 22.2 Å². The number of carbonyl (C=O) groups is 2. The van der Waals surface area contributed by atoms with Crippen LogP contribution in [0.5, 0.6) is 11.5 Å². The van der Waals surface area contributed by atoms with E-state index in [0.717, 1.165) is 61.4 Å². The third-order valence-electron chi connectivity index (χ3n) is 9.03. The van der Waals surface area contributed by atoms with Crippen LogP contribution in [-0.4, -0.2) is 54.1 Å². The van der Waals surface area contributed by atoms with Crippen molar-refractivity contribution in [2.45, 2.75) is 84.1 Å². The van der Waals surface area contributed by atoms with Gasteiger partial charge in [0.25, 0.3) is 0 Å². The summed E-state index contributed by atoms with van der Waals surface area (Å²) in [6.07, 6.45) is 10.5. The molecule has 0 N–H and O–H groups in total. The molecular formula is C34H43N3O4. The van der Waals surface area contributed by atoms with Crippen molar-refractivity contribution in [2.24, 2.45) is 0 Å². The summed E-state index contributed by atoms with van der Waals surface area (Å²) in [6.45, 7) is 7.74. The van der Waals surface area contributed by atoms with Gasteiger partial charge < -0.3 is 23.8 Å². The number of likely N-dealkylation sites (tertiary alicyclic amines) is 1. The molecule has 0 radical (unpaired) electrons. The van der Waals surface area contributed by atoms with E-state index in [9.17, 15) is 9.59 Å². The molecule has 0 spiro atoms. The summed E-state index contributed by atoms with van der Waals surface area (Å²) in [4.78, 5) is 29.4. The molecule has 2 aromatic carbocycles. The number of rotatable bonds is 7. The van der Waals surface area contributed by atoms with Crippen LogP contribution in [0.15, 0.2) is 36.4 Å². The van der Waals surface area contributed by atoms with Gasteiger partial charge in [-0.25, -0.2) is 0 Å². The number of hydrogen-bond acceptors (Lipinski definition) is 5. The maximum atomic E-state index is 13.4. The van der Waals surface area contributed by atoms with Gasteiger partial charge in [0, 0.05) is 43.6 Å². The van der Waals surface area contributed by atoms with Gasteiger partial charge in [-0.05, 0) is 74.3 Å². The molecule has 2 fully saturated rings. The number of esters is 1. The number of nitrogens with zero attached hydrogens (tertiary/aromatic N) is 3. The Balaban J connectivity index is 1.47. The highest BCUT2D eigenvalue weighted by Gasteiger charge is 2.31. The van der Waals surface area contributed by atoms with Crippen molar-refractivity contribution in [1.82, 2.24) is 9.47 Å². The van der Waals surface area contributed by atoms with Gasteiger partial charge in [0.15, 0.2) is 5.75 Å². The lowest BCUT2D eigenvalue weighted by Gasteiger charge is -2.32. The molecule has 3 aliphatic rings. The lowest BCUT2D eigenvalue weighted by atomic mass is 9.81. The van der Waals surface area contributed by atoms with Gasteiger partial charge in [0.1, 0.15) is 12.4 Å². The van der Waals surface area contributed by atoms with E-state index in [4.69, 9.17) is 9.47 Å². The molecule has 7 heteroatoms. The number of amides is 1. The summed E-state index contributed by atoms with van der Waals surface area (Å²) in [5, 5.41) is 1.24. The molecule has 0 bridgehead atoms. The number of carbonyl (C=O) groups excluding carboxylic acids is 2. The molecule has 1 saturated carbocycles. The summed E-state index contributed by atoms with van der Waals surface area (Å²) in [7, 11) is 0. The van der Waals surface area contributed by atoms with Crippen molar-refractivity contribution in [2.75, 3.05) is 37.7 Å². The highest BCUT2D eigenvalue weighted by molar-refractivity contribution is 5.96. The van der Waals surface area contributed by atoms with Crippen LogP contribution in [0.1, 0.15) is 83.1 Å². The van der Waals surface area contributed by atoms with Crippen molar-refractivity contribution in [3.05, 3.63) is 42.0 Å². The molecule has 0 unspecified atom stereocenters. The summed E-state index contributed by atoms with van der Waals surface area (Å²) < 4.78 is 14.5. The average Bonchev–Trinajstić information content (AvgIpc) is 3.17.